The summed E-state index contributed by atoms with van der Waals surface area (Å²) < 4.78 is 10.4. The maximum atomic E-state index is 12.3. The largest absolute Gasteiger partial charge is 0.462 e. The summed E-state index contributed by atoms with van der Waals surface area (Å²) in [5.74, 6) is -1.34. The second kappa shape index (κ2) is 9.52. The van der Waals surface area contributed by atoms with Crippen LogP contribution in [0.2, 0.25) is 5.02 Å². The summed E-state index contributed by atoms with van der Waals surface area (Å²) in [6.45, 7) is 6.54. The maximum Gasteiger partial charge on any atom is 0.344 e. The smallest absolute Gasteiger partial charge is 0.344 e. The van der Waals surface area contributed by atoms with Crippen LogP contribution in [0.1, 0.15) is 58.9 Å². The summed E-state index contributed by atoms with van der Waals surface area (Å²) in [5.41, 5.74) is 1.01. The molecule has 0 saturated carbocycles. The van der Waals surface area contributed by atoms with Crippen molar-refractivity contribution in [3.8, 4) is 0 Å². The predicted molar refractivity (Wildman–Crippen MR) is 106 cm³/mol. The number of halogens is 1. The van der Waals surface area contributed by atoms with E-state index in [4.69, 9.17) is 20.8 Å². The van der Waals surface area contributed by atoms with Crippen LogP contribution < -0.4 is 10.6 Å². The molecule has 0 aliphatic carbocycles. The Labute approximate surface area is 168 Å². The first-order chi connectivity index (χ1) is 13.2. The number of aryl methyl sites for hydroxylation is 1. The van der Waals surface area contributed by atoms with E-state index in [2.05, 4.69) is 10.6 Å². The number of amides is 1. The second-order valence-corrected chi connectivity index (χ2v) is 6.65. The van der Waals surface area contributed by atoms with Gasteiger partial charge in [-0.2, -0.15) is 0 Å². The van der Waals surface area contributed by atoms with Crippen LogP contribution in [0, 0.1) is 6.92 Å². The van der Waals surface area contributed by atoms with Crippen LogP contribution in [0.15, 0.2) is 28.7 Å². The molecule has 7 nitrogen and oxygen atoms in total. The summed E-state index contributed by atoms with van der Waals surface area (Å²) in [4.78, 5) is 36.5. The highest BCUT2D eigenvalue weighted by molar-refractivity contribution is 6.30. The van der Waals surface area contributed by atoms with Gasteiger partial charge in [0.05, 0.1) is 18.7 Å². The Balaban J connectivity index is 2.10. The van der Waals surface area contributed by atoms with Gasteiger partial charge in [-0.1, -0.05) is 23.7 Å². The minimum absolute atomic E-state index is 0.0266. The molecule has 0 saturated heterocycles. The third kappa shape index (κ3) is 5.21. The van der Waals surface area contributed by atoms with Crippen molar-refractivity contribution >= 4 is 35.1 Å². The van der Waals surface area contributed by atoms with Crippen molar-refractivity contribution in [2.24, 2.45) is 0 Å². The van der Waals surface area contributed by atoms with Crippen molar-refractivity contribution in [1.82, 2.24) is 5.32 Å². The van der Waals surface area contributed by atoms with Gasteiger partial charge in [0.1, 0.15) is 11.3 Å². The van der Waals surface area contributed by atoms with Gasteiger partial charge in [-0.25, -0.2) is 4.79 Å². The zero-order valence-electron chi connectivity index (χ0n) is 16.2. The van der Waals surface area contributed by atoms with E-state index in [1.54, 1.807) is 26.0 Å². The molecule has 150 valence electrons. The van der Waals surface area contributed by atoms with E-state index >= 15 is 0 Å². The molecule has 0 bridgehead atoms. The van der Waals surface area contributed by atoms with Gasteiger partial charge in [0.2, 0.25) is 11.8 Å². The number of esters is 1. The topological polar surface area (TPSA) is 97.6 Å². The molecule has 2 aromatic rings. The van der Waals surface area contributed by atoms with Crippen LogP contribution in [0.3, 0.4) is 0 Å². The Bertz CT molecular complexity index is 873. The molecule has 0 spiro atoms. The molecule has 1 amide bonds. The summed E-state index contributed by atoms with van der Waals surface area (Å²) in [7, 11) is 0. The lowest BCUT2D eigenvalue weighted by Gasteiger charge is -2.14. The number of carbonyl (C=O) groups is 3. The lowest BCUT2D eigenvalue weighted by molar-refractivity contribution is -0.115. The predicted octanol–water partition coefficient (Wildman–Crippen LogP) is 3.91. The van der Waals surface area contributed by atoms with Gasteiger partial charge in [0, 0.05) is 11.1 Å². The molecule has 0 fully saturated rings. The zero-order chi connectivity index (χ0) is 20.8. The Morgan fingerprint density at radius 2 is 1.82 bits per heavy atom. The number of hydrogen-bond donors (Lipinski definition) is 2. The van der Waals surface area contributed by atoms with Crippen molar-refractivity contribution in [2.75, 3.05) is 18.5 Å². The summed E-state index contributed by atoms with van der Waals surface area (Å²) in [6, 6.07) is 7.18. The van der Waals surface area contributed by atoms with Crippen molar-refractivity contribution in [3.63, 3.8) is 0 Å². The Hall–Kier alpha value is -2.64. The highest BCUT2D eigenvalue weighted by Gasteiger charge is 2.28. The normalized spacial score (nSPS) is 11.8. The van der Waals surface area contributed by atoms with Crippen LogP contribution in [0.25, 0.3) is 0 Å². The first kappa shape index (κ1) is 21.7. The van der Waals surface area contributed by atoms with E-state index in [9.17, 15) is 14.4 Å². The highest BCUT2D eigenvalue weighted by atomic mass is 35.5. The number of ketones is 1. The third-order valence-electron chi connectivity index (χ3n) is 4.11. The van der Waals surface area contributed by atoms with Crippen molar-refractivity contribution in [1.29, 1.82) is 0 Å². The lowest BCUT2D eigenvalue weighted by Crippen LogP contribution is -2.30. The molecule has 1 aromatic carbocycles. The van der Waals surface area contributed by atoms with E-state index in [-0.39, 0.29) is 47.7 Å². The minimum Gasteiger partial charge on any atom is -0.462 e. The van der Waals surface area contributed by atoms with Crippen molar-refractivity contribution < 1.29 is 23.5 Å². The molecule has 1 atom stereocenters. The van der Waals surface area contributed by atoms with Crippen LogP contribution in [-0.4, -0.2) is 30.8 Å². The molecule has 0 radical (unpaired) electrons. The molecule has 0 aliphatic rings. The van der Waals surface area contributed by atoms with Gasteiger partial charge in [0.15, 0.2) is 5.78 Å². The fourth-order valence-corrected chi connectivity index (χ4v) is 2.87. The number of benzene rings is 1. The van der Waals surface area contributed by atoms with E-state index in [1.807, 2.05) is 19.1 Å². The molecule has 0 unspecified atom stereocenters. The molecule has 28 heavy (non-hydrogen) atoms. The standard InChI is InChI=1S/C20H23ClN2O5/c1-5-27-20(26)18-17(12(3)24)13(4)28-19(18)23-16(25)10-22-11(2)14-6-8-15(21)9-7-14/h6-9,11,22H,5,10H2,1-4H3,(H,23,25)/t11-/m1/s1. The van der Waals surface area contributed by atoms with E-state index in [0.29, 0.717) is 5.02 Å². The average Bonchev–Trinajstić information content (AvgIpc) is 2.96. The number of nitrogens with one attached hydrogen (secondary N) is 2. The molecule has 0 aliphatic heterocycles. The molecule has 2 N–H and O–H groups in total. The SMILES string of the molecule is CCOC(=O)c1c(NC(=O)CN[C@H](C)c2ccc(Cl)cc2)oc(C)c1C(C)=O. The molecule has 8 heteroatoms. The van der Waals surface area contributed by atoms with Gasteiger partial charge in [-0.15, -0.1) is 0 Å². The number of anilines is 1. The van der Waals surface area contributed by atoms with Gasteiger partial charge < -0.3 is 14.5 Å². The second-order valence-electron chi connectivity index (χ2n) is 6.22. The van der Waals surface area contributed by atoms with Crippen LogP contribution in [0.5, 0.6) is 0 Å². The number of hydrogen-bond acceptors (Lipinski definition) is 6. The van der Waals surface area contributed by atoms with E-state index in [1.165, 1.54) is 6.92 Å². The summed E-state index contributed by atoms with van der Waals surface area (Å²) in [5, 5.41) is 6.25. The van der Waals surface area contributed by atoms with Gasteiger partial charge in [-0.05, 0) is 45.4 Å². The molecule has 2 rings (SSSR count). The molecule has 1 heterocycles. The Morgan fingerprint density at radius 1 is 1.18 bits per heavy atom. The maximum absolute atomic E-state index is 12.3. The highest BCUT2D eigenvalue weighted by Crippen LogP contribution is 2.28. The summed E-state index contributed by atoms with van der Waals surface area (Å²) >= 11 is 5.88. The lowest BCUT2D eigenvalue weighted by atomic mass is 10.1. The third-order valence-corrected chi connectivity index (χ3v) is 4.36. The summed E-state index contributed by atoms with van der Waals surface area (Å²) in [6.07, 6.45) is 0. The number of ether oxygens (including phenoxy) is 1. The fourth-order valence-electron chi connectivity index (χ4n) is 2.74. The first-order valence-corrected chi connectivity index (χ1v) is 9.22. The average molecular weight is 407 g/mol. The monoisotopic (exact) mass is 406 g/mol. The molecule has 1 aromatic heterocycles. The van der Waals surface area contributed by atoms with Crippen molar-refractivity contribution in [2.45, 2.75) is 33.7 Å². The quantitative estimate of drug-likeness (QED) is 0.509. The van der Waals surface area contributed by atoms with Gasteiger partial charge >= 0.3 is 5.97 Å². The van der Waals surface area contributed by atoms with E-state index in [0.717, 1.165) is 5.56 Å². The number of carbonyl (C=O) groups excluding carboxylic acids is 3. The molecular formula is C20H23ClN2O5. The van der Waals surface area contributed by atoms with Crippen LogP contribution in [0.4, 0.5) is 5.88 Å². The zero-order valence-corrected chi connectivity index (χ0v) is 17.0. The Morgan fingerprint density at radius 3 is 2.39 bits per heavy atom. The van der Waals surface area contributed by atoms with Crippen molar-refractivity contribution in [3.05, 3.63) is 51.7 Å². The number of furan rings is 1. The molecular weight excluding hydrogens is 384 g/mol. The Kier molecular flexibility index (Phi) is 7.37. The first-order valence-electron chi connectivity index (χ1n) is 8.84. The fraction of sp³-hybridized carbons (Fsp3) is 0.350. The van der Waals surface area contributed by atoms with Gasteiger partial charge in [-0.3, -0.25) is 14.9 Å². The number of rotatable bonds is 8. The minimum atomic E-state index is -0.720. The number of Topliss-reactive ketones (excluding diaryl/α,β-unsaturated/α-hetero) is 1. The van der Waals surface area contributed by atoms with Gasteiger partial charge in [0.25, 0.3) is 0 Å². The van der Waals surface area contributed by atoms with E-state index < -0.39 is 11.9 Å². The van der Waals surface area contributed by atoms with Crippen LogP contribution >= 0.6 is 11.6 Å². The van der Waals surface area contributed by atoms with Crippen LogP contribution in [-0.2, 0) is 9.53 Å².